The third kappa shape index (κ3) is 2.55. The van der Waals surface area contributed by atoms with Crippen LogP contribution in [0, 0.1) is 23.7 Å². The molecule has 0 N–H and O–H groups in total. The van der Waals surface area contributed by atoms with Gasteiger partial charge in [0.1, 0.15) is 6.10 Å². The Balaban J connectivity index is 1.11. The molecule has 144 valence electrons. The van der Waals surface area contributed by atoms with Crippen LogP contribution in [0.3, 0.4) is 0 Å². The quantitative estimate of drug-likeness (QED) is 0.735. The maximum Gasteiger partial charge on any atom is 0.410 e. The van der Waals surface area contributed by atoms with Crippen molar-refractivity contribution in [2.24, 2.45) is 23.7 Å². The molecule has 4 aliphatic carbocycles. The van der Waals surface area contributed by atoms with Gasteiger partial charge in [-0.3, -0.25) is 0 Å². The first kappa shape index (κ1) is 16.4. The molecule has 0 radical (unpaired) electrons. The number of hydrogen-bond donors (Lipinski definition) is 0. The maximum absolute atomic E-state index is 12.9. The lowest BCUT2D eigenvalue weighted by Gasteiger charge is -2.53. The zero-order chi connectivity index (χ0) is 18.0. The van der Waals surface area contributed by atoms with Crippen LogP contribution in [0.5, 0.6) is 0 Å². The maximum atomic E-state index is 12.9. The molecule has 0 atom stereocenters. The number of amides is 1. The van der Waals surface area contributed by atoms with E-state index in [4.69, 9.17) is 9.47 Å². The Morgan fingerprint density at radius 2 is 1.67 bits per heavy atom. The van der Waals surface area contributed by atoms with Gasteiger partial charge in [-0.2, -0.15) is 0 Å². The SMILES string of the molecule is O=C(OC1C2CC3CC(C2)CC1C3)N1CCC2(CC1)OCc1ccccc12. The zero-order valence-corrected chi connectivity index (χ0v) is 15.9. The Kier molecular flexibility index (Phi) is 3.63. The second-order valence-corrected chi connectivity index (χ2v) is 9.71. The molecule has 4 nitrogen and oxygen atoms in total. The summed E-state index contributed by atoms with van der Waals surface area (Å²) in [6.45, 7) is 2.18. The molecule has 1 aromatic rings. The first-order valence-corrected chi connectivity index (χ1v) is 10.9. The van der Waals surface area contributed by atoms with Gasteiger partial charge in [-0.05, 0) is 79.7 Å². The van der Waals surface area contributed by atoms with Crippen molar-refractivity contribution < 1.29 is 14.3 Å². The first-order valence-electron chi connectivity index (χ1n) is 10.9. The van der Waals surface area contributed by atoms with E-state index in [9.17, 15) is 4.79 Å². The van der Waals surface area contributed by atoms with Gasteiger partial charge in [-0.25, -0.2) is 4.79 Å². The Bertz CT molecular complexity index is 724. The number of nitrogens with zero attached hydrogens (tertiary/aromatic N) is 1. The van der Waals surface area contributed by atoms with E-state index in [1.54, 1.807) is 0 Å². The largest absolute Gasteiger partial charge is 0.446 e. The second-order valence-electron chi connectivity index (χ2n) is 9.71. The Morgan fingerprint density at radius 3 is 2.37 bits per heavy atom. The molecule has 1 aromatic carbocycles. The smallest absolute Gasteiger partial charge is 0.410 e. The third-order valence-electron chi connectivity index (χ3n) is 8.22. The molecule has 5 fully saturated rings. The molecule has 1 spiro atoms. The average Bonchev–Trinajstić information content (AvgIpc) is 3.03. The van der Waals surface area contributed by atoms with Gasteiger partial charge in [0.2, 0.25) is 0 Å². The number of hydrogen-bond acceptors (Lipinski definition) is 3. The van der Waals surface area contributed by atoms with Crippen LogP contribution in [0.4, 0.5) is 4.79 Å². The predicted molar refractivity (Wildman–Crippen MR) is 101 cm³/mol. The minimum atomic E-state index is -0.185. The van der Waals surface area contributed by atoms with E-state index >= 15 is 0 Å². The molecule has 0 unspecified atom stereocenters. The van der Waals surface area contributed by atoms with Gasteiger partial charge in [0.25, 0.3) is 0 Å². The molecule has 2 aliphatic heterocycles. The van der Waals surface area contributed by atoms with Gasteiger partial charge >= 0.3 is 6.09 Å². The fourth-order valence-corrected chi connectivity index (χ4v) is 7.11. The highest BCUT2D eigenvalue weighted by Crippen LogP contribution is 2.54. The predicted octanol–water partition coefficient (Wildman–Crippen LogP) is 4.47. The minimum Gasteiger partial charge on any atom is -0.446 e. The van der Waals surface area contributed by atoms with E-state index < -0.39 is 0 Å². The summed E-state index contributed by atoms with van der Waals surface area (Å²) in [5, 5.41) is 0. The molecule has 27 heavy (non-hydrogen) atoms. The molecule has 1 saturated heterocycles. The van der Waals surface area contributed by atoms with Crippen LogP contribution in [-0.4, -0.2) is 30.2 Å². The number of carbonyl (C=O) groups is 1. The monoisotopic (exact) mass is 367 g/mol. The van der Waals surface area contributed by atoms with E-state index in [2.05, 4.69) is 24.3 Å². The molecule has 1 amide bonds. The van der Waals surface area contributed by atoms with Crippen molar-refractivity contribution in [3.05, 3.63) is 35.4 Å². The normalized spacial score (nSPS) is 38.2. The Morgan fingerprint density at radius 1 is 1.00 bits per heavy atom. The van der Waals surface area contributed by atoms with Gasteiger partial charge in [0, 0.05) is 13.1 Å². The van der Waals surface area contributed by atoms with Gasteiger partial charge in [-0.15, -0.1) is 0 Å². The van der Waals surface area contributed by atoms with E-state index in [-0.39, 0.29) is 17.8 Å². The molecule has 4 saturated carbocycles. The number of fused-ring (bicyclic) bond motifs is 2. The summed E-state index contributed by atoms with van der Waals surface area (Å²) in [5.41, 5.74) is 2.46. The van der Waals surface area contributed by atoms with Crippen molar-refractivity contribution in [3.63, 3.8) is 0 Å². The van der Waals surface area contributed by atoms with Crippen molar-refractivity contribution >= 4 is 6.09 Å². The molecule has 6 aliphatic rings. The number of piperidine rings is 1. The van der Waals surface area contributed by atoms with Gasteiger partial charge < -0.3 is 14.4 Å². The summed E-state index contributed by atoms with van der Waals surface area (Å²) in [6.07, 6.45) is 8.46. The van der Waals surface area contributed by atoms with Crippen molar-refractivity contribution in [1.82, 2.24) is 4.90 Å². The number of carbonyl (C=O) groups excluding carboxylic acids is 1. The number of likely N-dealkylation sites (tertiary alicyclic amines) is 1. The fraction of sp³-hybridized carbons (Fsp3) is 0.696. The molecule has 4 bridgehead atoms. The topological polar surface area (TPSA) is 38.8 Å². The standard InChI is InChI=1S/C23H29NO3/c25-22(27-21-18-10-15-9-16(12-18)13-19(21)11-15)24-7-5-23(6-8-24)20-4-2-1-3-17(20)14-26-23/h1-4,15-16,18-19,21H,5-14H2. The van der Waals surface area contributed by atoms with Crippen LogP contribution in [-0.2, 0) is 21.7 Å². The number of ether oxygens (including phenoxy) is 2. The summed E-state index contributed by atoms with van der Waals surface area (Å²) in [5.74, 6) is 3.09. The summed E-state index contributed by atoms with van der Waals surface area (Å²) in [6, 6.07) is 8.54. The van der Waals surface area contributed by atoms with E-state index in [1.807, 2.05) is 4.90 Å². The average molecular weight is 367 g/mol. The zero-order valence-electron chi connectivity index (χ0n) is 15.9. The third-order valence-corrected chi connectivity index (χ3v) is 8.22. The lowest BCUT2D eigenvalue weighted by Crippen LogP contribution is -2.52. The summed E-state index contributed by atoms with van der Waals surface area (Å²) in [4.78, 5) is 14.8. The molecule has 2 heterocycles. The van der Waals surface area contributed by atoms with E-state index in [1.165, 1.54) is 43.2 Å². The Hall–Kier alpha value is -1.55. The van der Waals surface area contributed by atoms with Gasteiger partial charge in [0.05, 0.1) is 12.2 Å². The van der Waals surface area contributed by atoms with Crippen molar-refractivity contribution in [1.29, 1.82) is 0 Å². The highest BCUT2D eigenvalue weighted by Gasteiger charge is 2.50. The molecule has 0 aromatic heterocycles. The lowest BCUT2D eigenvalue weighted by atomic mass is 9.55. The first-order chi connectivity index (χ1) is 13.2. The molecule has 7 rings (SSSR count). The van der Waals surface area contributed by atoms with E-state index in [0.29, 0.717) is 18.4 Å². The van der Waals surface area contributed by atoms with Crippen molar-refractivity contribution in [3.8, 4) is 0 Å². The van der Waals surface area contributed by atoms with Crippen molar-refractivity contribution in [2.45, 2.75) is 63.3 Å². The molecule has 4 heteroatoms. The van der Waals surface area contributed by atoms with Crippen LogP contribution >= 0.6 is 0 Å². The van der Waals surface area contributed by atoms with Gasteiger partial charge in [-0.1, -0.05) is 24.3 Å². The van der Waals surface area contributed by atoms with Gasteiger partial charge in [0.15, 0.2) is 0 Å². The number of rotatable bonds is 1. The summed E-state index contributed by atoms with van der Waals surface area (Å²) in [7, 11) is 0. The summed E-state index contributed by atoms with van der Waals surface area (Å²) >= 11 is 0. The lowest BCUT2D eigenvalue weighted by molar-refractivity contribution is -0.111. The van der Waals surface area contributed by atoms with Crippen LogP contribution < -0.4 is 0 Å². The highest BCUT2D eigenvalue weighted by molar-refractivity contribution is 5.68. The Labute approximate surface area is 161 Å². The van der Waals surface area contributed by atoms with Crippen LogP contribution in [0.1, 0.15) is 56.1 Å². The summed E-state index contributed by atoms with van der Waals surface area (Å²) < 4.78 is 12.4. The van der Waals surface area contributed by atoms with E-state index in [0.717, 1.165) is 37.8 Å². The fourth-order valence-electron chi connectivity index (χ4n) is 7.11. The van der Waals surface area contributed by atoms with Crippen LogP contribution in [0.25, 0.3) is 0 Å². The highest BCUT2D eigenvalue weighted by atomic mass is 16.6. The van der Waals surface area contributed by atoms with Crippen molar-refractivity contribution in [2.75, 3.05) is 13.1 Å². The van der Waals surface area contributed by atoms with Crippen LogP contribution in [0.15, 0.2) is 24.3 Å². The molecular weight excluding hydrogens is 338 g/mol. The second kappa shape index (κ2) is 5.97. The number of benzene rings is 1. The molecular formula is C23H29NO3. The van der Waals surface area contributed by atoms with Crippen LogP contribution in [0.2, 0.25) is 0 Å². The minimum absolute atomic E-state index is 0.0754.